The first kappa shape index (κ1) is 47.7. The number of fused-ring (bicyclic) bond motifs is 4. The number of alkyl halides is 2. The van der Waals surface area contributed by atoms with Crippen LogP contribution in [0.15, 0.2) is 116 Å². The highest BCUT2D eigenvalue weighted by atomic mass is 31.2. The molecule has 3 heterocycles. The maximum atomic E-state index is 18.7. The van der Waals surface area contributed by atoms with Crippen LogP contribution in [0.1, 0.15) is 47.1 Å². The molecule has 2 aromatic heterocycles. The maximum absolute atomic E-state index is 18.7. The number of hydrogen-bond donors (Lipinski definition) is 3. The molecule has 3 aliphatic rings. The summed E-state index contributed by atoms with van der Waals surface area (Å²) in [5, 5.41) is 8.21. The predicted octanol–water partition coefficient (Wildman–Crippen LogP) is 7.95. The fraction of sp³-hybridized carbons (Fsp3) is 0.400. The summed E-state index contributed by atoms with van der Waals surface area (Å²) in [5.41, 5.74) is -8.58. The molecule has 0 bridgehead atoms. The molecule has 2 aliphatic carbocycles. The Labute approximate surface area is 385 Å². The van der Waals surface area contributed by atoms with Crippen LogP contribution in [0.4, 0.5) is 14.6 Å². The number of aromatic nitrogens is 4. The Morgan fingerprint density at radius 2 is 1.45 bits per heavy atom. The minimum atomic E-state index is -4.72. The number of carbonyl (C=O) groups is 2. The summed E-state index contributed by atoms with van der Waals surface area (Å²) >= 11 is 0. The topological polar surface area (TPSA) is 213 Å². The van der Waals surface area contributed by atoms with Gasteiger partial charge in [-0.25, -0.2) is 37.7 Å². The summed E-state index contributed by atoms with van der Waals surface area (Å²) in [4.78, 5) is 39.0. The van der Waals surface area contributed by atoms with Crippen LogP contribution in [0, 0.1) is 11.3 Å². The number of hydrogen-bond acceptors (Lipinski definition) is 15. The highest BCUT2D eigenvalue weighted by Gasteiger charge is 3.07. The van der Waals surface area contributed by atoms with Gasteiger partial charge in [-0.1, -0.05) is 73.3 Å². The summed E-state index contributed by atoms with van der Waals surface area (Å²) in [6, 6.07) is 23.9. The molecule has 7 unspecified atom stereocenters. The Morgan fingerprint density at radius 3 is 2.06 bits per heavy atom. The SMILES string of the molecule is C=C(NP(=O)(OC[C@H]1C2(C)OC3(n4cnc5c(NCc6ccccc6)ncnc54)C(F)C3(F)C12COP(=O)(N[C@@H](C)C(=O)OC(C)C)Oc1ccccc1)Oc1ccccc1)C(=O)OC(C)C. The molecule has 18 nitrogen and oxygen atoms in total. The van der Waals surface area contributed by atoms with Crippen molar-refractivity contribution in [3.8, 4) is 11.5 Å². The van der Waals surface area contributed by atoms with Crippen molar-refractivity contribution in [2.45, 2.75) is 89.5 Å². The third-order valence-corrected chi connectivity index (χ3v) is 15.0. The van der Waals surface area contributed by atoms with Crippen molar-refractivity contribution in [3.05, 3.63) is 121 Å². The van der Waals surface area contributed by atoms with E-state index >= 15 is 8.78 Å². The summed E-state index contributed by atoms with van der Waals surface area (Å²) in [5.74, 6) is -2.56. The number of nitrogens with one attached hydrogen (secondary N) is 3. The van der Waals surface area contributed by atoms with Crippen LogP contribution in [0.3, 0.4) is 0 Å². The Balaban J connectivity index is 1.15. The van der Waals surface area contributed by atoms with Crippen molar-refractivity contribution in [1.82, 2.24) is 29.7 Å². The highest BCUT2D eigenvalue weighted by Crippen LogP contribution is 2.90. The molecule has 3 aromatic carbocycles. The van der Waals surface area contributed by atoms with Gasteiger partial charge in [0.05, 0.1) is 42.8 Å². The minimum Gasteiger partial charge on any atom is -0.462 e. The smallest absolute Gasteiger partial charge is 0.462 e. The molecule has 3 N–H and O–H groups in total. The Morgan fingerprint density at radius 1 is 0.851 bits per heavy atom. The lowest BCUT2D eigenvalue weighted by molar-refractivity contribution is -0.149. The third-order valence-electron chi connectivity index (χ3n) is 11.9. The van der Waals surface area contributed by atoms with Gasteiger partial charge in [0.1, 0.15) is 29.6 Å². The molecule has 3 fully saturated rings. The Hall–Kier alpha value is -5.75. The molecule has 8 rings (SSSR count). The molecule has 67 heavy (non-hydrogen) atoms. The third kappa shape index (κ3) is 8.59. The maximum Gasteiger partial charge on any atom is 0.486 e. The van der Waals surface area contributed by atoms with E-state index in [1.165, 1.54) is 50.8 Å². The van der Waals surface area contributed by atoms with Gasteiger partial charge in [-0.05, 0) is 71.4 Å². The van der Waals surface area contributed by atoms with Crippen molar-refractivity contribution in [3.63, 3.8) is 0 Å². The van der Waals surface area contributed by atoms with Crippen molar-refractivity contribution < 1.29 is 59.8 Å². The number of ether oxygens (including phenoxy) is 3. The van der Waals surface area contributed by atoms with E-state index in [2.05, 4.69) is 37.0 Å². The first-order chi connectivity index (χ1) is 31.8. The van der Waals surface area contributed by atoms with E-state index in [4.69, 9.17) is 32.3 Å². The van der Waals surface area contributed by atoms with Crippen LogP contribution in [0.25, 0.3) is 11.2 Å². The van der Waals surface area contributed by atoms with Crippen LogP contribution in [-0.4, -0.2) is 80.4 Å². The molecule has 0 spiro atoms. The molecule has 2 saturated carbocycles. The number of para-hydroxylation sites is 2. The Bertz CT molecular complexity index is 2740. The summed E-state index contributed by atoms with van der Waals surface area (Å²) in [7, 11) is -9.38. The van der Waals surface area contributed by atoms with E-state index < -0.39 is 99.1 Å². The van der Waals surface area contributed by atoms with Crippen LogP contribution >= 0.6 is 15.5 Å². The number of carbonyl (C=O) groups excluding carboxylic acids is 2. The quantitative estimate of drug-likeness (QED) is 0.0341. The number of esters is 2. The number of halogens is 2. The zero-order valence-electron chi connectivity index (χ0n) is 37.5. The number of rotatable bonds is 22. The number of anilines is 1. The van der Waals surface area contributed by atoms with Crippen molar-refractivity contribution >= 4 is 44.4 Å². The fourth-order valence-corrected chi connectivity index (χ4v) is 11.6. The first-order valence-corrected chi connectivity index (χ1v) is 24.5. The second-order valence-corrected chi connectivity index (χ2v) is 20.5. The molecular weight excluding hydrogens is 914 g/mol. The average Bonchev–Trinajstić information content (AvgIpc) is 3.76. The van der Waals surface area contributed by atoms with Crippen LogP contribution in [0.2, 0.25) is 0 Å². The van der Waals surface area contributed by atoms with Gasteiger partial charge in [0.25, 0.3) is 0 Å². The van der Waals surface area contributed by atoms with Gasteiger partial charge >= 0.3 is 27.4 Å². The van der Waals surface area contributed by atoms with Gasteiger partial charge in [-0.3, -0.25) is 23.5 Å². The molecule has 1 saturated heterocycles. The monoisotopic (exact) mass is 965 g/mol. The fourth-order valence-electron chi connectivity index (χ4n) is 8.77. The lowest BCUT2D eigenvalue weighted by Gasteiger charge is -2.27. The Kier molecular flexibility index (Phi) is 12.9. The zero-order chi connectivity index (χ0) is 48.0. The molecule has 356 valence electrons. The van der Waals surface area contributed by atoms with Crippen LogP contribution < -0.4 is 24.5 Å². The van der Waals surface area contributed by atoms with Crippen LogP contribution in [0.5, 0.6) is 11.5 Å². The summed E-state index contributed by atoms with van der Waals surface area (Å²) < 4.78 is 107. The molecule has 9 atom stereocenters. The van der Waals surface area contributed by atoms with E-state index in [9.17, 15) is 18.7 Å². The first-order valence-electron chi connectivity index (χ1n) is 21.5. The lowest BCUT2D eigenvalue weighted by atomic mass is 9.93. The lowest BCUT2D eigenvalue weighted by Crippen LogP contribution is -2.39. The van der Waals surface area contributed by atoms with E-state index in [1.54, 1.807) is 64.1 Å². The van der Waals surface area contributed by atoms with Gasteiger partial charge in [-0.15, -0.1) is 0 Å². The summed E-state index contributed by atoms with van der Waals surface area (Å²) in [6.07, 6.45) is -1.08. The normalized spacial score (nSPS) is 26.9. The highest BCUT2D eigenvalue weighted by molar-refractivity contribution is 7.52. The number of imidazole rings is 1. The van der Waals surface area contributed by atoms with Gasteiger partial charge in [-0.2, -0.15) is 5.09 Å². The second kappa shape index (κ2) is 18.1. The second-order valence-electron chi connectivity index (χ2n) is 17.1. The van der Waals surface area contributed by atoms with E-state index in [-0.39, 0.29) is 22.7 Å². The van der Waals surface area contributed by atoms with Crippen molar-refractivity contribution in [2.75, 3.05) is 18.5 Å². The van der Waals surface area contributed by atoms with E-state index in [1.807, 2.05) is 30.3 Å². The van der Waals surface area contributed by atoms with Crippen LogP contribution in [-0.2, 0) is 54.2 Å². The predicted molar refractivity (Wildman–Crippen MR) is 240 cm³/mol. The minimum absolute atomic E-state index is 0.0375. The standard InChI is InChI=1S/C45H51F2N7O11P2/c1-28(2)61-39(55)30(5)52-66(57,63-33-19-13-9-14-20-33)59-24-35-42(7)43(35,25-60-67(58,64-34-21-15-10-16-22-34)53-31(6)40(56)62-29(3)4)44(47)41(46)45(44,65-42)54-27-51-36-37(49-26-50-38(36)54)48-23-32-17-11-8-12-18-32/h8-22,26-29,31,35,41H,5,23-25H2,1-4,6-7H3,(H,52,57)(H,53,58)(H,48,49,50)/t31-,35-,41?,42?,43?,44?,45?,66?,67?/m0/s1. The van der Waals surface area contributed by atoms with Gasteiger partial charge < -0.3 is 28.6 Å². The van der Waals surface area contributed by atoms with Crippen molar-refractivity contribution in [2.24, 2.45) is 11.3 Å². The largest absolute Gasteiger partial charge is 0.486 e. The van der Waals surface area contributed by atoms with Gasteiger partial charge in [0.2, 0.25) is 11.4 Å². The zero-order valence-corrected chi connectivity index (χ0v) is 39.2. The molecule has 0 amide bonds. The molecule has 0 radical (unpaired) electrons. The molecular formula is C45H51F2N7O11P2. The molecule has 22 heteroatoms. The van der Waals surface area contributed by atoms with E-state index in [0.717, 1.165) is 10.1 Å². The summed E-state index contributed by atoms with van der Waals surface area (Å²) in [6.45, 7) is 11.8. The van der Waals surface area contributed by atoms with Gasteiger partial charge in [0.15, 0.2) is 23.2 Å². The number of nitrogens with zero attached hydrogens (tertiary/aromatic N) is 4. The van der Waals surface area contributed by atoms with Crippen molar-refractivity contribution in [1.29, 1.82) is 0 Å². The number of benzene rings is 3. The average molecular weight is 966 g/mol. The van der Waals surface area contributed by atoms with Gasteiger partial charge in [0, 0.05) is 12.5 Å². The molecule has 5 aromatic rings. The molecule has 1 aliphatic heterocycles. The van der Waals surface area contributed by atoms with E-state index in [0.29, 0.717) is 12.4 Å².